The van der Waals surface area contributed by atoms with Crippen molar-refractivity contribution in [3.8, 4) is 0 Å². The standard InChI is InChI=1S/C23H33N5O3/c29-21-8-7-20(22(30)26-21)28-16-19-17(5-3-6-18(19)23(28)31)15-25-9-1-2-12-27-13-4-10-24-11-14-27/h3,5-6,20,24-25H,1-2,4,7-16H2,(H,26,29,30). The van der Waals surface area contributed by atoms with Crippen LogP contribution >= 0.6 is 0 Å². The predicted octanol–water partition coefficient (Wildman–Crippen LogP) is 0.613. The number of amides is 3. The van der Waals surface area contributed by atoms with Gasteiger partial charge in [0.2, 0.25) is 11.8 Å². The van der Waals surface area contributed by atoms with E-state index in [4.69, 9.17) is 0 Å². The Hall–Kier alpha value is -2.29. The Bertz CT molecular complexity index is 819. The second-order valence-corrected chi connectivity index (χ2v) is 8.67. The van der Waals surface area contributed by atoms with Crippen molar-refractivity contribution in [2.24, 2.45) is 0 Å². The van der Waals surface area contributed by atoms with Crippen molar-refractivity contribution in [1.29, 1.82) is 0 Å². The number of fused-ring (bicyclic) bond motifs is 1. The molecule has 3 aliphatic heterocycles. The molecule has 4 rings (SSSR count). The molecule has 1 atom stereocenters. The Morgan fingerprint density at radius 3 is 2.87 bits per heavy atom. The van der Waals surface area contributed by atoms with Gasteiger partial charge in [0.1, 0.15) is 6.04 Å². The van der Waals surface area contributed by atoms with Gasteiger partial charge in [-0.05, 0) is 69.1 Å². The minimum absolute atomic E-state index is 0.113. The van der Waals surface area contributed by atoms with Crippen molar-refractivity contribution in [3.05, 3.63) is 34.9 Å². The largest absolute Gasteiger partial charge is 0.322 e. The van der Waals surface area contributed by atoms with Gasteiger partial charge in [-0.2, -0.15) is 0 Å². The van der Waals surface area contributed by atoms with E-state index in [1.54, 1.807) is 4.90 Å². The number of unbranched alkanes of at least 4 members (excludes halogenated alkanes) is 1. The summed E-state index contributed by atoms with van der Waals surface area (Å²) in [5.74, 6) is -0.738. The molecule has 1 unspecified atom stereocenters. The molecule has 0 radical (unpaired) electrons. The van der Waals surface area contributed by atoms with Gasteiger partial charge >= 0.3 is 0 Å². The van der Waals surface area contributed by atoms with Crippen LogP contribution in [0.15, 0.2) is 18.2 Å². The van der Waals surface area contributed by atoms with Crippen LogP contribution in [-0.4, -0.2) is 72.8 Å². The maximum absolute atomic E-state index is 12.9. The van der Waals surface area contributed by atoms with E-state index in [1.807, 2.05) is 12.1 Å². The van der Waals surface area contributed by atoms with Gasteiger partial charge in [0.15, 0.2) is 0 Å². The highest BCUT2D eigenvalue weighted by Crippen LogP contribution is 2.29. The van der Waals surface area contributed by atoms with E-state index in [1.165, 1.54) is 19.4 Å². The number of carbonyl (C=O) groups excluding carboxylic acids is 3. The normalized spacial score (nSPS) is 22.4. The lowest BCUT2D eigenvalue weighted by Gasteiger charge is -2.29. The summed E-state index contributed by atoms with van der Waals surface area (Å²) in [6.45, 7) is 7.79. The molecule has 1 aromatic carbocycles. The van der Waals surface area contributed by atoms with Gasteiger partial charge in [-0.1, -0.05) is 12.1 Å². The van der Waals surface area contributed by atoms with Crippen LogP contribution in [0.5, 0.6) is 0 Å². The topological polar surface area (TPSA) is 93.8 Å². The quantitative estimate of drug-likeness (QED) is 0.416. The van der Waals surface area contributed by atoms with Crippen LogP contribution in [0.25, 0.3) is 0 Å². The van der Waals surface area contributed by atoms with Crippen molar-refractivity contribution < 1.29 is 14.4 Å². The zero-order chi connectivity index (χ0) is 21.6. The number of nitrogens with zero attached hydrogens (tertiary/aromatic N) is 2. The molecule has 0 aromatic heterocycles. The number of nitrogens with one attached hydrogen (secondary N) is 3. The molecule has 168 valence electrons. The summed E-state index contributed by atoms with van der Waals surface area (Å²) in [6.07, 6.45) is 4.21. The number of hydrogen-bond acceptors (Lipinski definition) is 6. The van der Waals surface area contributed by atoms with Gasteiger partial charge in [0.05, 0.1) is 0 Å². The van der Waals surface area contributed by atoms with E-state index < -0.39 is 6.04 Å². The van der Waals surface area contributed by atoms with Crippen LogP contribution in [0.4, 0.5) is 0 Å². The zero-order valence-corrected chi connectivity index (χ0v) is 18.1. The molecular formula is C23H33N5O3. The van der Waals surface area contributed by atoms with Crippen LogP contribution in [0, 0.1) is 0 Å². The highest BCUT2D eigenvalue weighted by molar-refractivity contribution is 6.05. The van der Waals surface area contributed by atoms with E-state index in [0.717, 1.165) is 50.3 Å². The second-order valence-electron chi connectivity index (χ2n) is 8.67. The van der Waals surface area contributed by atoms with Crippen molar-refractivity contribution in [3.63, 3.8) is 0 Å². The number of carbonyl (C=O) groups is 3. The lowest BCUT2D eigenvalue weighted by molar-refractivity contribution is -0.136. The molecule has 3 N–H and O–H groups in total. The van der Waals surface area contributed by atoms with E-state index in [0.29, 0.717) is 25.1 Å². The van der Waals surface area contributed by atoms with Gasteiger partial charge in [-0.15, -0.1) is 0 Å². The minimum Gasteiger partial charge on any atom is -0.322 e. The molecule has 1 aromatic rings. The van der Waals surface area contributed by atoms with Crippen LogP contribution in [0.3, 0.4) is 0 Å². The summed E-state index contributed by atoms with van der Waals surface area (Å²) in [6, 6.07) is 5.24. The summed E-state index contributed by atoms with van der Waals surface area (Å²) in [5.41, 5.74) is 2.79. The summed E-state index contributed by atoms with van der Waals surface area (Å²) < 4.78 is 0. The molecule has 3 heterocycles. The second kappa shape index (κ2) is 10.3. The molecule has 31 heavy (non-hydrogen) atoms. The molecule has 3 amide bonds. The fraction of sp³-hybridized carbons (Fsp3) is 0.609. The summed E-state index contributed by atoms with van der Waals surface area (Å²) >= 11 is 0. The number of hydrogen-bond donors (Lipinski definition) is 3. The first-order valence-corrected chi connectivity index (χ1v) is 11.5. The van der Waals surface area contributed by atoms with E-state index >= 15 is 0 Å². The average Bonchev–Trinajstić information content (AvgIpc) is 2.92. The SMILES string of the molecule is O=C1CCC(N2Cc3c(CNCCCCN4CCCNCC4)cccc3C2=O)C(=O)N1. The average molecular weight is 428 g/mol. The third-order valence-corrected chi connectivity index (χ3v) is 6.51. The molecule has 0 spiro atoms. The molecular weight excluding hydrogens is 394 g/mol. The van der Waals surface area contributed by atoms with Gasteiger partial charge in [-0.25, -0.2) is 0 Å². The number of imide groups is 1. The van der Waals surface area contributed by atoms with E-state index in [9.17, 15) is 14.4 Å². The third-order valence-electron chi connectivity index (χ3n) is 6.51. The van der Waals surface area contributed by atoms with Crippen molar-refractivity contribution >= 4 is 17.7 Å². The van der Waals surface area contributed by atoms with Crippen molar-refractivity contribution in [2.45, 2.75) is 51.2 Å². The Morgan fingerprint density at radius 1 is 1.10 bits per heavy atom. The maximum Gasteiger partial charge on any atom is 0.255 e. The highest BCUT2D eigenvalue weighted by Gasteiger charge is 2.39. The molecule has 0 saturated carbocycles. The monoisotopic (exact) mass is 427 g/mol. The lowest BCUT2D eigenvalue weighted by Crippen LogP contribution is -2.52. The first-order valence-electron chi connectivity index (χ1n) is 11.5. The first kappa shape index (κ1) is 21.9. The van der Waals surface area contributed by atoms with E-state index in [2.05, 4.69) is 26.9 Å². The molecule has 2 saturated heterocycles. The molecule has 8 nitrogen and oxygen atoms in total. The first-order chi connectivity index (χ1) is 15.1. The van der Waals surface area contributed by atoms with Crippen LogP contribution in [0.2, 0.25) is 0 Å². The van der Waals surface area contributed by atoms with Gasteiger partial charge in [0.25, 0.3) is 5.91 Å². The fourth-order valence-corrected chi connectivity index (χ4v) is 4.75. The molecule has 2 fully saturated rings. The zero-order valence-electron chi connectivity index (χ0n) is 18.1. The fourth-order valence-electron chi connectivity index (χ4n) is 4.75. The number of rotatable bonds is 8. The van der Waals surface area contributed by atoms with Gasteiger partial charge < -0.3 is 20.4 Å². The maximum atomic E-state index is 12.9. The lowest BCUT2D eigenvalue weighted by atomic mass is 10.0. The Labute approximate surface area is 183 Å². The van der Waals surface area contributed by atoms with Crippen LogP contribution < -0.4 is 16.0 Å². The van der Waals surface area contributed by atoms with Gasteiger partial charge in [-0.3, -0.25) is 19.7 Å². The summed E-state index contributed by atoms with van der Waals surface area (Å²) in [4.78, 5) is 40.7. The Morgan fingerprint density at radius 2 is 2.00 bits per heavy atom. The number of benzene rings is 1. The summed E-state index contributed by atoms with van der Waals surface area (Å²) in [5, 5.41) is 9.32. The van der Waals surface area contributed by atoms with E-state index in [-0.39, 0.29) is 24.1 Å². The molecule has 0 bridgehead atoms. The number of piperidine rings is 1. The minimum atomic E-state index is -0.562. The van der Waals surface area contributed by atoms with Crippen LogP contribution in [-0.2, 0) is 22.7 Å². The summed E-state index contributed by atoms with van der Waals surface area (Å²) in [7, 11) is 0. The smallest absolute Gasteiger partial charge is 0.255 e. The highest BCUT2D eigenvalue weighted by atomic mass is 16.2. The van der Waals surface area contributed by atoms with Crippen LogP contribution in [0.1, 0.15) is 53.6 Å². The Kier molecular flexibility index (Phi) is 7.32. The third kappa shape index (κ3) is 5.31. The molecule has 8 heteroatoms. The van der Waals surface area contributed by atoms with Gasteiger partial charge in [0, 0.05) is 38.2 Å². The molecule has 3 aliphatic rings. The Balaban J connectivity index is 1.26. The molecule has 0 aliphatic carbocycles. The predicted molar refractivity (Wildman–Crippen MR) is 117 cm³/mol. The van der Waals surface area contributed by atoms with Crippen molar-refractivity contribution in [2.75, 3.05) is 39.3 Å². The van der Waals surface area contributed by atoms with Crippen molar-refractivity contribution in [1.82, 2.24) is 25.8 Å².